The highest BCUT2D eigenvalue weighted by atomic mass is 19.4. The molecule has 2 aliphatic rings. The van der Waals surface area contributed by atoms with Crippen LogP contribution in [0.25, 0.3) is 0 Å². The normalized spacial score (nSPS) is 17.3. The van der Waals surface area contributed by atoms with Crippen molar-refractivity contribution < 1.29 is 27.6 Å². The van der Waals surface area contributed by atoms with E-state index in [-0.39, 0.29) is 31.6 Å². The largest absolute Gasteiger partial charge is 0.416 e. The number of anilines is 1. The highest BCUT2D eigenvalue weighted by Crippen LogP contribution is 2.39. The number of hydrogen-bond donors (Lipinski definition) is 1. The van der Waals surface area contributed by atoms with Gasteiger partial charge in [0.05, 0.1) is 12.2 Å². The van der Waals surface area contributed by atoms with Gasteiger partial charge in [-0.2, -0.15) is 13.2 Å². The van der Waals surface area contributed by atoms with Gasteiger partial charge in [0.1, 0.15) is 12.1 Å². The minimum atomic E-state index is -4.46. The fourth-order valence-electron chi connectivity index (χ4n) is 5.22. The fourth-order valence-corrected chi connectivity index (χ4v) is 5.22. The maximum atomic E-state index is 13.8. The fraction of sp³-hybridized carbons (Fsp3) is 0.464. The van der Waals surface area contributed by atoms with Crippen molar-refractivity contribution >= 4 is 23.4 Å². The summed E-state index contributed by atoms with van der Waals surface area (Å²) in [7, 11) is 0. The van der Waals surface area contributed by atoms with Crippen molar-refractivity contribution in [3.05, 3.63) is 65.7 Å². The summed E-state index contributed by atoms with van der Waals surface area (Å²) in [5.41, 5.74) is -0.453. The van der Waals surface area contributed by atoms with E-state index >= 15 is 0 Å². The SMILES string of the molecule is CCCCC(=O)N1CCC2(CC1)C(=O)N(CC(=O)NCc1cccc(C(F)(F)F)c1)CN2c1ccccc1. The Hall–Kier alpha value is -3.56. The summed E-state index contributed by atoms with van der Waals surface area (Å²) in [6.07, 6.45) is -1.28. The lowest BCUT2D eigenvalue weighted by atomic mass is 9.85. The van der Waals surface area contributed by atoms with Crippen LogP contribution in [0, 0.1) is 0 Å². The van der Waals surface area contributed by atoms with Crippen molar-refractivity contribution in [3.63, 3.8) is 0 Å². The number of nitrogens with zero attached hydrogens (tertiary/aromatic N) is 3. The van der Waals surface area contributed by atoms with E-state index in [1.807, 2.05) is 47.1 Å². The zero-order valence-electron chi connectivity index (χ0n) is 21.5. The van der Waals surface area contributed by atoms with Gasteiger partial charge in [-0.05, 0) is 49.1 Å². The Morgan fingerprint density at radius 2 is 1.74 bits per heavy atom. The monoisotopic (exact) mass is 530 g/mol. The summed E-state index contributed by atoms with van der Waals surface area (Å²) in [6, 6.07) is 14.3. The molecule has 2 heterocycles. The van der Waals surface area contributed by atoms with E-state index in [1.54, 1.807) is 0 Å². The zero-order chi connectivity index (χ0) is 27.3. The lowest BCUT2D eigenvalue weighted by Gasteiger charge is -2.43. The number of halogens is 3. The molecule has 0 atom stereocenters. The van der Waals surface area contributed by atoms with Crippen LogP contribution in [-0.2, 0) is 27.1 Å². The van der Waals surface area contributed by atoms with E-state index in [9.17, 15) is 27.6 Å². The molecule has 0 aliphatic carbocycles. The van der Waals surface area contributed by atoms with Gasteiger partial charge in [-0.25, -0.2) is 0 Å². The number of nitrogens with one attached hydrogen (secondary N) is 1. The van der Waals surface area contributed by atoms with Crippen LogP contribution in [0.4, 0.5) is 18.9 Å². The first-order valence-electron chi connectivity index (χ1n) is 13.0. The minimum Gasteiger partial charge on any atom is -0.350 e. The summed E-state index contributed by atoms with van der Waals surface area (Å²) in [4.78, 5) is 44.4. The quantitative estimate of drug-likeness (QED) is 0.556. The number of carbonyl (C=O) groups excluding carboxylic acids is 3. The first-order chi connectivity index (χ1) is 18.1. The zero-order valence-corrected chi connectivity index (χ0v) is 21.5. The second kappa shape index (κ2) is 11.4. The summed E-state index contributed by atoms with van der Waals surface area (Å²) >= 11 is 0. The molecule has 1 spiro atoms. The third-order valence-electron chi connectivity index (χ3n) is 7.35. The predicted molar refractivity (Wildman–Crippen MR) is 137 cm³/mol. The van der Waals surface area contributed by atoms with Crippen molar-refractivity contribution in [2.75, 3.05) is 31.2 Å². The standard InChI is InChI=1S/C28H33F3N4O3/c1-2-3-12-25(37)33-15-13-27(14-16-33)26(38)34(20-35(27)23-10-5-4-6-11-23)19-24(36)32-18-21-8-7-9-22(17-21)28(29,30)31/h4-11,17H,2-3,12-16,18-20H2,1H3,(H,32,36). The number of likely N-dealkylation sites (tertiary alicyclic amines) is 1. The Kier molecular flexibility index (Phi) is 8.28. The maximum absolute atomic E-state index is 13.8. The molecule has 2 fully saturated rings. The van der Waals surface area contributed by atoms with Crippen LogP contribution < -0.4 is 10.2 Å². The van der Waals surface area contributed by atoms with Crippen molar-refractivity contribution in [2.45, 2.75) is 57.3 Å². The first-order valence-corrected chi connectivity index (χ1v) is 13.0. The Morgan fingerprint density at radius 1 is 1.03 bits per heavy atom. The molecule has 7 nitrogen and oxygen atoms in total. The van der Waals surface area contributed by atoms with E-state index in [0.717, 1.165) is 30.7 Å². The maximum Gasteiger partial charge on any atom is 0.416 e. The molecule has 1 N–H and O–H groups in total. The van der Waals surface area contributed by atoms with Crippen LogP contribution in [0.1, 0.15) is 50.2 Å². The van der Waals surface area contributed by atoms with Crippen molar-refractivity contribution in [3.8, 4) is 0 Å². The van der Waals surface area contributed by atoms with Gasteiger partial charge in [-0.3, -0.25) is 14.4 Å². The van der Waals surface area contributed by atoms with Crippen molar-refractivity contribution in [2.24, 2.45) is 0 Å². The molecule has 2 aliphatic heterocycles. The van der Waals surface area contributed by atoms with Gasteiger partial charge in [0.2, 0.25) is 11.8 Å². The molecule has 0 aromatic heterocycles. The molecule has 2 saturated heterocycles. The number of hydrogen-bond acceptors (Lipinski definition) is 4. The summed E-state index contributed by atoms with van der Waals surface area (Å²) in [5, 5.41) is 2.64. The number of unbranched alkanes of at least 4 members (excludes halogenated alkanes) is 1. The number of para-hydroxylation sites is 1. The predicted octanol–water partition coefficient (Wildman–Crippen LogP) is 4.18. The molecule has 3 amide bonds. The molecule has 38 heavy (non-hydrogen) atoms. The van der Waals surface area contributed by atoms with Crippen LogP contribution in [0.15, 0.2) is 54.6 Å². The second-order valence-electron chi connectivity index (χ2n) is 9.90. The number of alkyl halides is 3. The van der Waals surface area contributed by atoms with Gasteiger partial charge >= 0.3 is 6.18 Å². The number of piperidine rings is 1. The Labute approximate surface area is 220 Å². The van der Waals surface area contributed by atoms with Gasteiger partial charge in [0.15, 0.2) is 0 Å². The molecule has 204 valence electrons. The first kappa shape index (κ1) is 27.5. The van der Waals surface area contributed by atoms with Gasteiger partial charge in [-0.1, -0.05) is 43.7 Å². The topological polar surface area (TPSA) is 73.0 Å². The summed E-state index contributed by atoms with van der Waals surface area (Å²) < 4.78 is 39.0. The molecule has 4 rings (SSSR count). The molecule has 2 aromatic carbocycles. The highest BCUT2D eigenvalue weighted by molar-refractivity contribution is 5.96. The second-order valence-corrected chi connectivity index (χ2v) is 9.90. The van der Waals surface area contributed by atoms with Crippen molar-refractivity contribution in [1.29, 1.82) is 0 Å². The van der Waals surface area contributed by atoms with Gasteiger partial charge in [0, 0.05) is 31.7 Å². The van der Waals surface area contributed by atoms with E-state index in [2.05, 4.69) is 5.32 Å². The van der Waals surface area contributed by atoms with Gasteiger partial charge in [-0.15, -0.1) is 0 Å². The molecule has 0 radical (unpaired) electrons. The number of benzene rings is 2. The summed E-state index contributed by atoms with van der Waals surface area (Å²) in [5.74, 6) is -0.520. The van der Waals surface area contributed by atoms with E-state index < -0.39 is 23.2 Å². The van der Waals surface area contributed by atoms with Crippen LogP contribution >= 0.6 is 0 Å². The average molecular weight is 531 g/mol. The van der Waals surface area contributed by atoms with Crippen LogP contribution in [-0.4, -0.2) is 59.4 Å². The minimum absolute atomic E-state index is 0.0762. The van der Waals surface area contributed by atoms with E-state index in [0.29, 0.717) is 37.9 Å². The van der Waals surface area contributed by atoms with Gasteiger partial charge < -0.3 is 20.0 Å². The Morgan fingerprint density at radius 3 is 2.39 bits per heavy atom. The Balaban J connectivity index is 1.44. The summed E-state index contributed by atoms with van der Waals surface area (Å²) in [6.45, 7) is 2.90. The molecular formula is C28H33F3N4O3. The van der Waals surface area contributed by atoms with Crippen LogP contribution in [0.5, 0.6) is 0 Å². The van der Waals surface area contributed by atoms with Crippen molar-refractivity contribution in [1.82, 2.24) is 15.1 Å². The lowest BCUT2D eigenvalue weighted by Crippen LogP contribution is -2.57. The number of amides is 3. The third kappa shape index (κ3) is 5.95. The average Bonchev–Trinajstić information content (AvgIpc) is 3.17. The van der Waals surface area contributed by atoms with E-state index in [4.69, 9.17) is 0 Å². The molecule has 0 bridgehead atoms. The lowest BCUT2D eigenvalue weighted by molar-refractivity contribution is -0.140. The third-order valence-corrected chi connectivity index (χ3v) is 7.35. The number of carbonyl (C=O) groups is 3. The molecular weight excluding hydrogens is 497 g/mol. The number of rotatable bonds is 8. The highest BCUT2D eigenvalue weighted by Gasteiger charge is 2.54. The van der Waals surface area contributed by atoms with E-state index in [1.165, 1.54) is 17.0 Å². The molecule has 10 heteroatoms. The molecule has 0 unspecified atom stereocenters. The van der Waals surface area contributed by atoms with Gasteiger partial charge in [0.25, 0.3) is 5.91 Å². The molecule has 2 aromatic rings. The van der Waals surface area contributed by atoms with Crippen LogP contribution in [0.2, 0.25) is 0 Å². The Bertz CT molecular complexity index is 1150. The molecule has 0 saturated carbocycles. The van der Waals surface area contributed by atoms with Crippen LogP contribution in [0.3, 0.4) is 0 Å². The smallest absolute Gasteiger partial charge is 0.350 e.